The number of hydrogen-bond acceptors (Lipinski definition) is 3. The first-order chi connectivity index (χ1) is 6.80. The van der Waals surface area contributed by atoms with Gasteiger partial charge in [0.25, 0.3) is 0 Å². The molecule has 0 unspecified atom stereocenters. The van der Waals surface area contributed by atoms with Gasteiger partial charge in [0.15, 0.2) is 0 Å². The highest BCUT2D eigenvalue weighted by Crippen LogP contribution is 1.93. The van der Waals surface area contributed by atoms with E-state index >= 15 is 0 Å². The van der Waals surface area contributed by atoms with E-state index in [1.165, 1.54) is 6.26 Å². The van der Waals surface area contributed by atoms with Crippen LogP contribution in [0.1, 0.15) is 6.42 Å². The molecule has 0 saturated heterocycles. The molecule has 1 rings (SSSR count). The van der Waals surface area contributed by atoms with Crippen LogP contribution < -0.4 is 0 Å². The highest BCUT2D eigenvalue weighted by atomic mass is 16.5. The first-order valence-electron chi connectivity index (χ1n) is 4.19. The van der Waals surface area contributed by atoms with E-state index in [2.05, 4.69) is 4.74 Å². The van der Waals surface area contributed by atoms with E-state index in [9.17, 15) is 9.59 Å². The molecular weight excluding hydrogens is 180 g/mol. The molecule has 0 atom stereocenters. The zero-order valence-corrected chi connectivity index (χ0v) is 7.55. The summed E-state index contributed by atoms with van der Waals surface area (Å²) in [6.07, 6.45) is 13.2. The standard InChI is InChI=1S/C11H10O3/c12-10-8-6-4-2-1-3-5-7-9-14-11(10)13/h1-7,9H,8H2/b2-1-,5-3-,6-4-,9-7-. The third kappa shape index (κ3) is 3.67. The lowest BCUT2D eigenvalue weighted by Crippen LogP contribution is -2.13. The van der Waals surface area contributed by atoms with E-state index in [1.54, 1.807) is 36.5 Å². The van der Waals surface area contributed by atoms with Crippen molar-refractivity contribution in [3.05, 3.63) is 48.8 Å². The number of cyclic esters (lactones) is 1. The fourth-order valence-corrected chi connectivity index (χ4v) is 0.806. The zero-order chi connectivity index (χ0) is 10.2. The summed E-state index contributed by atoms with van der Waals surface area (Å²) >= 11 is 0. The second-order valence-corrected chi connectivity index (χ2v) is 2.56. The third-order valence-corrected chi connectivity index (χ3v) is 1.48. The van der Waals surface area contributed by atoms with Gasteiger partial charge in [-0.05, 0) is 6.08 Å². The Balaban J connectivity index is 2.72. The predicted octanol–water partition coefficient (Wildman–Crippen LogP) is 1.68. The number of Topliss-reactive ketones (excluding diaryl/α,β-unsaturated/α-hetero) is 1. The minimum atomic E-state index is -0.830. The summed E-state index contributed by atoms with van der Waals surface area (Å²) in [6.45, 7) is 0. The molecule has 0 bridgehead atoms. The third-order valence-electron chi connectivity index (χ3n) is 1.48. The fraction of sp³-hybridized carbons (Fsp3) is 0.0909. The molecule has 1 heterocycles. The molecule has 1 aliphatic rings. The molecule has 3 heteroatoms. The molecule has 0 aliphatic carbocycles. The Bertz CT molecular complexity index is 298. The molecule has 14 heavy (non-hydrogen) atoms. The van der Waals surface area contributed by atoms with E-state index in [4.69, 9.17) is 0 Å². The number of esters is 1. The molecule has 0 amide bonds. The number of carbonyl (C=O) groups is 2. The molecule has 3 nitrogen and oxygen atoms in total. The lowest BCUT2D eigenvalue weighted by Gasteiger charge is -1.94. The highest BCUT2D eigenvalue weighted by Gasteiger charge is 2.11. The Morgan fingerprint density at radius 1 is 0.929 bits per heavy atom. The maximum atomic E-state index is 11.0. The summed E-state index contributed by atoms with van der Waals surface area (Å²) in [5.74, 6) is -1.38. The molecule has 0 fully saturated rings. The SMILES string of the molecule is O=C1C\C=C/C=C\C=C/C=C\OC1=O. The number of ketones is 1. The molecular formula is C11H10O3. The van der Waals surface area contributed by atoms with Crippen LogP contribution in [0.15, 0.2) is 48.8 Å². The number of carbonyl (C=O) groups excluding carboxylic acids is 2. The van der Waals surface area contributed by atoms with Crippen molar-refractivity contribution >= 4 is 11.8 Å². The average molecular weight is 190 g/mol. The highest BCUT2D eigenvalue weighted by molar-refractivity contribution is 6.34. The average Bonchev–Trinajstić information content (AvgIpc) is 2.18. The van der Waals surface area contributed by atoms with Crippen molar-refractivity contribution in [1.29, 1.82) is 0 Å². The van der Waals surface area contributed by atoms with Crippen LogP contribution in [0.4, 0.5) is 0 Å². The van der Waals surface area contributed by atoms with Crippen LogP contribution in [-0.2, 0) is 14.3 Å². The minimum absolute atomic E-state index is 0.0702. The number of allylic oxidation sites excluding steroid dienone is 7. The molecule has 0 aromatic carbocycles. The van der Waals surface area contributed by atoms with E-state index < -0.39 is 11.8 Å². The Kier molecular flexibility index (Phi) is 4.14. The smallest absolute Gasteiger partial charge is 0.379 e. The zero-order valence-electron chi connectivity index (χ0n) is 7.55. The minimum Gasteiger partial charge on any atom is -0.429 e. The van der Waals surface area contributed by atoms with Crippen LogP contribution in [0.25, 0.3) is 0 Å². The van der Waals surface area contributed by atoms with Crippen LogP contribution in [0.2, 0.25) is 0 Å². The molecule has 0 N–H and O–H groups in total. The van der Waals surface area contributed by atoms with Crippen LogP contribution in [-0.4, -0.2) is 11.8 Å². The second-order valence-electron chi connectivity index (χ2n) is 2.56. The summed E-state index contributed by atoms with van der Waals surface area (Å²) < 4.78 is 4.55. The van der Waals surface area contributed by atoms with Gasteiger partial charge in [0.05, 0.1) is 6.26 Å². The van der Waals surface area contributed by atoms with Gasteiger partial charge in [0, 0.05) is 6.42 Å². The number of rotatable bonds is 0. The largest absolute Gasteiger partial charge is 0.429 e. The fourth-order valence-electron chi connectivity index (χ4n) is 0.806. The van der Waals surface area contributed by atoms with E-state index in [1.807, 2.05) is 6.08 Å². The summed E-state index contributed by atoms with van der Waals surface area (Å²) in [5, 5.41) is 0. The van der Waals surface area contributed by atoms with Gasteiger partial charge < -0.3 is 4.74 Å². The second kappa shape index (κ2) is 5.70. The van der Waals surface area contributed by atoms with Crippen LogP contribution in [0.3, 0.4) is 0 Å². The number of ether oxygens (including phenoxy) is 1. The maximum absolute atomic E-state index is 11.0. The normalized spacial score (nSPS) is 26.6. The van der Waals surface area contributed by atoms with Crippen LogP contribution >= 0.6 is 0 Å². The van der Waals surface area contributed by atoms with Gasteiger partial charge in [-0.3, -0.25) is 4.79 Å². The van der Waals surface area contributed by atoms with Gasteiger partial charge in [-0.1, -0.05) is 36.5 Å². The van der Waals surface area contributed by atoms with Gasteiger partial charge in [-0.25, -0.2) is 4.79 Å². The van der Waals surface area contributed by atoms with E-state index in [0.29, 0.717) is 0 Å². The lowest BCUT2D eigenvalue weighted by atomic mass is 10.2. The monoisotopic (exact) mass is 190 g/mol. The Hall–Kier alpha value is -1.90. The molecule has 0 spiro atoms. The van der Waals surface area contributed by atoms with E-state index in [-0.39, 0.29) is 6.42 Å². The van der Waals surface area contributed by atoms with Gasteiger partial charge in [0.2, 0.25) is 5.78 Å². The van der Waals surface area contributed by atoms with Crippen molar-refractivity contribution < 1.29 is 14.3 Å². The van der Waals surface area contributed by atoms with Gasteiger partial charge in [-0.2, -0.15) is 0 Å². The van der Waals surface area contributed by atoms with Gasteiger partial charge in [0.1, 0.15) is 0 Å². The van der Waals surface area contributed by atoms with E-state index in [0.717, 1.165) is 0 Å². The van der Waals surface area contributed by atoms with Crippen molar-refractivity contribution in [3.63, 3.8) is 0 Å². The Labute approximate surface area is 82.1 Å². The molecule has 0 aromatic rings. The quantitative estimate of drug-likeness (QED) is 0.431. The summed E-state index contributed by atoms with van der Waals surface area (Å²) in [4.78, 5) is 22.0. The summed E-state index contributed by atoms with van der Waals surface area (Å²) in [6, 6.07) is 0. The van der Waals surface area contributed by atoms with Crippen molar-refractivity contribution in [2.24, 2.45) is 0 Å². The van der Waals surface area contributed by atoms with Crippen molar-refractivity contribution in [3.8, 4) is 0 Å². The van der Waals surface area contributed by atoms with Crippen molar-refractivity contribution in [2.45, 2.75) is 6.42 Å². The first-order valence-corrected chi connectivity index (χ1v) is 4.19. The lowest BCUT2D eigenvalue weighted by molar-refractivity contribution is -0.149. The molecule has 0 radical (unpaired) electrons. The molecule has 72 valence electrons. The maximum Gasteiger partial charge on any atom is 0.379 e. The Morgan fingerprint density at radius 3 is 2.36 bits per heavy atom. The Morgan fingerprint density at radius 2 is 1.57 bits per heavy atom. The van der Waals surface area contributed by atoms with Crippen molar-refractivity contribution in [1.82, 2.24) is 0 Å². The summed E-state index contributed by atoms with van der Waals surface area (Å²) in [7, 11) is 0. The van der Waals surface area contributed by atoms with Gasteiger partial charge >= 0.3 is 5.97 Å². The van der Waals surface area contributed by atoms with Crippen LogP contribution in [0.5, 0.6) is 0 Å². The van der Waals surface area contributed by atoms with Gasteiger partial charge in [-0.15, -0.1) is 0 Å². The number of hydrogen-bond donors (Lipinski definition) is 0. The molecule has 1 aliphatic heterocycles. The molecule has 0 saturated carbocycles. The first kappa shape index (κ1) is 10.2. The van der Waals surface area contributed by atoms with Crippen LogP contribution in [0, 0.1) is 0 Å². The topological polar surface area (TPSA) is 43.4 Å². The summed E-state index contributed by atoms with van der Waals surface area (Å²) in [5.41, 5.74) is 0. The predicted molar refractivity (Wildman–Crippen MR) is 52.3 cm³/mol. The van der Waals surface area contributed by atoms with Crippen molar-refractivity contribution in [2.75, 3.05) is 0 Å². The molecule has 0 aromatic heterocycles.